The average Bonchev–Trinajstić information content (AvgIpc) is 2.33. The second-order valence-corrected chi connectivity index (χ2v) is 3.14. The highest BCUT2D eigenvalue weighted by molar-refractivity contribution is 5.84. The number of nitrogens with one attached hydrogen (secondary N) is 1. The molecular formula is C8H16N2O7. The lowest BCUT2D eigenvalue weighted by Crippen LogP contribution is -2.46. The van der Waals surface area contributed by atoms with E-state index in [2.05, 4.69) is 4.99 Å². The second-order valence-electron chi connectivity index (χ2n) is 3.14. The van der Waals surface area contributed by atoms with Crippen LogP contribution in [-0.4, -0.2) is 80.6 Å². The van der Waals surface area contributed by atoms with E-state index in [1.807, 2.05) is 5.32 Å². The van der Waals surface area contributed by atoms with E-state index in [9.17, 15) is 20.1 Å². The number of urea groups is 1. The maximum Gasteiger partial charge on any atom is 0.342 e. The van der Waals surface area contributed by atoms with Crippen molar-refractivity contribution < 1.29 is 35.4 Å². The van der Waals surface area contributed by atoms with Gasteiger partial charge in [0.15, 0.2) is 0 Å². The molecule has 0 aromatic rings. The molecule has 0 spiro atoms. The van der Waals surface area contributed by atoms with Gasteiger partial charge in [0.2, 0.25) is 0 Å². The lowest BCUT2D eigenvalue weighted by atomic mass is 10.0. The first-order valence-corrected chi connectivity index (χ1v) is 4.70. The van der Waals surface area contributed by atoms with E-state index in [0.29, 0.717) is 6.21 Å². The summed E-state index contributed by atoms with van der Waals surface area (Å²) >= 11 is 0. The SMILES string of the molecule is O=C(N=C[C@H](O)[C@H](O)[C@H](O)[C@H](O)CO)NCO. The number of rotatable bonds is 6. The van der Waals surface area contributed by atoms with E-state index in [1.165, 1.54) is 0 Å². The summed E-state index contributed by atoms with van der Waals surface area (Å²) in [5.74, 6) is 0. The summed E-state index contributed by atoms with van der Waals surface area (Å²) in [6, 6.07) is -0.948. The van der Waals surface area contributed by atoms with Crippen LogP contribution in [0.3, 0.4) is 0 Å². The number of aliphatic hydroxyl groups is 6. The molecule has 100 valence electrons. The monoisotopic (exact) mass is 252 g/mol. The Balaban J connectivity index is 4.30. The largest absolute Gasteiger partial charge is 0.394 e. The summed E-state index contributed by atoms with van der Waals surface area (Å²) in [4.78, 5) is 13.8. The van der Waals surface area contributed by atoms with Gasteiger partial charge in [-0.2, -0.15) is 0 Å². The first-order chi connectivity index (χ1) is 7.93. The van der Waals surface area contributed by atoms with Crippen molar-refractivity contribution in [1.29, 1.82) is 0 Å². The lowest BCUT2D eigenvalue weighted by Gasteiger charge is -2.23. The van der Waals surface area contributed by atoms with Crippen molar-refractivity contribution in [3.63, 3.8) is 0 Å². The maximum atomic E-state index is 10.7. The molecule has 0 aromatic heterocycles. The van der Waals surface area contributed by atoms with Gasteiger partial charge in [-0.25, -0.2) is 9.79 Å². The van der Waals surface area contributed by atoms with Gasteiger partial charge < -0.3 is 36.0 Å². The summed E-state index contributed by atoms with van der Waals surface area (Å²) < 4.78 is 0. The summed E-state index contributed by atoms with van der Waals surface area (Å²) in [7, 11) is 0. The third-order valence-electron chi connectivity index (χ3n) is 1.86. The molecule has 0 saturated heterocycles. The van der Waals surface area contributed by atoms with Crippen molar-refractivity contribution in [3.05, 3.63) is 0 Å². The number of hydrogen-bond donors (Lipinski definition) is 7. The maximum absolute atomic E-state index is 10.7. The topological polar surface area (TPSA) is 163 Å². The number of amides is 2. The molecule has 17 heavy (non-hydrogen) atoms. The van der Waals surface area contributed by atoms with Crippen LogP contribution in [-0.2, 0) is 0 Å². The third kappa shape index (κ3) is 5.68. The fraction of sp³-hybridized carbons (Fsp3) is 0.750. The zero-order valence-electron chi connectivity index (χ0n) is 8.84. The highest BCUT2D eigenvalue weighted by Gasteiger charge is 2.29. The highest BCUT2D eigenvalue weighted by Crippen LogP contribution is 2.03. The fourth-order valence-corrected chi connectivity index (χ4v) is 0.883. The van der Waals surface area contributed by atoms with Gasteiger partial charge in [0, 0.05) is 6.21 Å². The molecule has 0 rings (SSSR count). The fourth-order valence-electron chi connectivity index (χ4n) is 0.883. The number of nitrogens with zero attached hydrogens (tertiary/aromatic N) is 1. The van der Waals surface area contributed by atoms with Gasteiger partial charge in [-0.05, 0) is 0 Å². The van der Waals surface area contributed by atoms with Crippen molar-refractivity contribution >= 4 is 12.2 Å². The van der Waals surface area contributed by atoms with Crippen molar-refractivity contribution in [1.82, 2.24) is 5.32 Å². The van der Waals surface area contributed by atoms with Gasteiger partial charge in [0.25, 0.3) is 0 Å². The van der Waals surface area contributed by atoms with Crippen LogP contribution in [0, 0.1) is 0 Å². The predicted molar refractivity (Wildman–Crippen MR) is 55.2 cm³/mol. The van der Waals surface area contributed by atoms with E-state index >= 15 is 0 Å². The van der Waals surface area contributed by atoms with Crippen LogP contribution in [0.5, 0.6) is 0 Å². The molecule has 0 aliphatic heterocycles. The zero-order chi connectivity index (χ0) is 13.4. The first kappa shape index (κ1) is 15.9. The number of carbonyl (C=O) groups excluding carboxylic acids is 1. The van der Waals surface area contributed by atoms with Crippen molar-refractivity contribution in [3.8, 4) is 0 Å². The van der Waals surface area contributed by atoms with Crippen molar-refractivity contribution in [2.24, 2.45) is 4.99 Å². The van der Waals surface area contributed by atoms with Crippen LogP contribution < -0.4 is 5.32 Å². The van der Waals surface area contributed by atoms with Gasteiger partial charge >= 0.3 is 6.03 Å². The molecule has 0 saturated carbocycles. The molecule has 0 aliphatic rings. The molecule has 7 N–H and O–H groups in total. The van der Waals surface area contributed by atoms with Crippen LogP contribution in [0.1, 0.15) is 0 Å². The molecule has 2 amide bonds. The Morgan fingerprint density at radius 1 is 1.18 bits per heavy atom. The number of aliphatic imine (C=N–C) groups is 1. The molecule has 0 radical (unpaired) electrons. The summed E-state index contributed by atoms with van der Waals surface area (Å²) in [5.41, 5.74) is 0. The van der Waals surface area contributed by atoms with Crippen molar-refractivity contribution in [2.45, 2.75) is 24.4 Å². The molecular weight excluding hydrogens is 236 g/mol. The third-order valence-corrected chi connectivity index (χ3v) is 1.86. The zero-order valence-corrected chi connectivity index (χ0v) is 8.84. The molecule has 0 aromatic carbocycles. The Kier molecular flexibility index (Phi) is 7.54. The Labute approximate surface area is 96.7 Å². The Morgan fingerprint density at radius 3 is 2.24 bits per heavy atom. The number of hydrogen-bond acceptors (Lipinski definition) is 7. The van der Waals surface area contributed by atoms with Crippen LogP contribution >= 0.6 is 0 Å². The minimum atomic E-state index is -1.82. The van der Waals surface area contributed by atoms with Crippen LogP contribution in [0.15, 0.2) is 4.99 Å². The Bertz CT molecular complexity index is 260. The van der Waals surface area contributed by atoms with E-state index < -0.39 is 43.8 Å². The normalized spacial score (nSPS) is 18.7. The molecule has 9 nitrogen and oxygen atoms in total. The second kappa shape index (κ2) is 8.06. The van der Waals surface area contributed by atoms with Gasteiger partial charge in [-0.3, -0.25) is 0 Å². The molecule has 4 atom stereocenters. The summed E-state index contributed by atoms with van der Waals surface area (Å²) in [6.45, 7) is -1.44. The van der Waals surface area contributed by atoms with Gasteiger partial charge in [-0.15, -0.1) is 0 Å². The van der Waals surface area contributed by atoms with Gasteiger partial charge in [0.05, 0.1) is 6.61 Å². The Hall–Kier alpha value is -1.10. The van der Waals surface area contributed by atoms with E-state index in [4.69, 9.17) is 15.3 Å². The smallest absolute Gasteiger partial charge is 0.342 e. The minimum Gasteiger partial charge on any atom is -0.394 e. The molecule has 0 aliphatic carbocycles. The quantitative estimate of drug-likeness (QED) is 0.188. The molecule has 0 bridgehead atoms. The standard InChI is InChI=1S/C8H16N2O7/c11-2-5(14)7(16)6(15)4(13)1-9-8(17)10-3-12/h1,4-7,11-16H,2-3H2,(H,10,17)/t4-,5+,6-,7+/m0/s1. The molecule has 0 unspecified atom stereocenters. The highest BCUT2D eigenvalue weighted by atomic mass is 16.4. The van der Waals surface area contributed by atoms with E-state index in [0.717, 1.165) is 0 Å². The van der Waals surface area contributed by atoms with Crippen LogP contribution in [0.25, 0.3) is 0 Å². The number of aliphatic hydroxyl groups excluding tert-OH is 6. The van der Waals surface area contributed by atoms with E-state index in [1.54, 1.807) is 0 Å². The van der Waals surface area contributed by atoms with Gasteiger partial charge in [0.1, 0.15) is 31.1 Å². The van der Waals surface area contributed by atoms with Crippen LogP contribution in [0.2, 0.25) is 0 Å². The minimum absolute atomic E-state index is 0.628. The Morgan fingerprint density at radius 2 is 1.76 bits per heavy atom. The summed E-state index contributed by atoms with van der Waals surface area (Å²) in [5, 5.41) is 55.4. The van der Waals surface area contributed by atoms with Crippen LogP contribution in [0.4, 0.5) is 4.79 Å². The van der Waals surface area contributed by atoms with Gasteiger partial charge in [-0.1, -0.05) is 0 Å². The molecule has 0 heterocycles. The molecule has 0 fully saturated rings. The lowest BCUT2D eigenvalue weighted by molar-refractivity contribution is -0.0999. The first-order valence-electron chi connectivity index (χ1n) is 4.70. The molecule has 9 heteroatoms. The average molecular weight is 252 g/mol. The number of carbonyl (C=O) groups is 1. The van der Waals surface area contributed by atoms with E-state index in [-0.39, 0.29) is 0 Å². The van der Waals surface area contributed by atoms with Crippen molar-refractivity contribution in [2.75, 3.05) is 13.3 Å². The predicted octanol–water partition coefficient (Wildman–Crippen LogP) is -3.85. The summed E-state index contributed by atoms with van der Waals surface area (Å²) in [6.07, 6.45) is -6.32.